The Labute approximate surface area is 183 Å². The molecular formula is C6Br10O. The van der Waals surface area contributed by atoms with Crippen LogP contribution in [0.25, 0.3) is 0 Å². The first-order valence-electron chi connectivity index (χ1n) is 3.30. The van der Waals surface area contributed by atoms with E-state index < -0.39 is 6.84 Å². The van der Waals surface area contributed by atoms with Crippen LogP contribution in [0.5, 0.6) is 0 Å². The fraction of sp³-hybridized carbons (Fsp3) is 0.333. The predicted molar refractivity (Wildman–Crippen MR) is 110 cm³/mol. The Balaban J connectivity index is 5.22. The Hall–Kier alpha value is 4.24. The van der Waals surface area contributed by atoms with Crippen molar-refractivity contribution in [2.24, 2.45) is 0 Å². The van der Waals surface area contributed by atoms with Gasteiger partial charge in [0.05, 0.1) is 15.7 Å². The molecule has 0 aromatic heterocycles. The highest BCUT2D eigenvalue weighted by molar-refractivity contribution is 9.30. The van der Waals surface area contributed by atoms with Crippen molar-refractivity contribution in [1.82, 2.24) is 0 Å². The summed E-state index contributed by atoms with van der Waals surface area (Å²) in [7, 11) is 0. The van der Waals surface area contributed by atoms with Gasteiger partial charge in [-0.3, -0.25) is 0 Å². The molecule has 0 saturated carbocycles. The van der Waals surface area contributed by atoms with Crippen LogP contribution in [-0.2, 0) is 4.74 Å². The van der Waals surface area contributed by atoms with Crippen molar-refractivity contribution >= 4 is 159 Å². The summed E-state index contributed by atoms with van der Waals surface area (Å²) in [6, 6.07) is 0. The fourth-order valence-corrected chi connectivity index (χ4v) is 6.51. The summed E-state index contributed by atoms with van der Waals surface area (Å²) < 4.78 is 6.69. The Morgan fingerprint density at radius 1 is 0.588 bits per heavy atom. The number of hydrogen-bond donors (Lipinski definition) is 0. The van der Waals surface area contributed by atoms with E-state index in [0.717, 1.165) is 0 Å². The molecular weight excluding hydrogens is 887 g/mol. The van der Waals surface area contributed by atoms with E-state index in [2.05, 4.69) is 159 Å². The maximum Gasteiger partial charge on any atom is 0.214 e. The third-order valence-electron chi connectivity index (χ3n) is 1.10. The van der Waals surface area contributed by atoms with Crippen molar-refractivity contribution in [2.45, 2.75) is 6.84 Å². The zero-order valence-electron chi connectivity index (χ0n) is 7.19. The van der Waals surface area contributed by atoms with Crippen molar-refractivity contribution in [3.8, 4) is 0 Å². The standard InChI is InChI=1S/C6Br10O/c7-1(3(9)10)5(13,14)17-6(15,16)2(8)4(11)12. The molecule has 0 aromatic rings. The molecule has 100 valence electrons. The van der Waals surface area contributed by atoms with Crippen LogP contribution >= 0.6 is 159 Å². The molecule has 0 aliphatic rings. The Morgan fingerprint density at radius 3 is 1.00 bits per heavy atom. The monoisotopic (exact) mass is 877 g/mol. The highest BCUT2D eigenvalue weighted by atomic mass is 79.9. The third kappa shape index (κ3) is 7.36. The van der Waals surface area contributed by atoms with Crippen LogP contribution in [0.2, 0.25) is 0 Å². The van der Waals surface area contributed by atoms with E-state index in [1.807, 2.05) is 0 Å². The number of alkyl halides is 4. The smallest absolute Gasteiger partial charge is 0.214 e. The minimum absolute atomic E-state index is 0.680. The van der Waals surface area contributed by atoms with Gasteiger partial charge in [-0.15, -0.1) is 0 Å². The van der Waals surface area contributed by atoms with Gasteiger partial charge in [0.15, 0.2) is 0 Å². The second kappa shape index (κ2) is 8.76. The molecule has 17 heavy (non-hydrogen) atoms. The summed E-state index contributed by atoms with van der Waals surface area (Å²) in [6.45, 7) is 0. The van der Waals surface area contributed by atoms with E-state index in [1.165, 1.54) is 0 Å². The van der Waals surface area contributed by atoms with Gasteiger partial charge in [-0.1, -0.05) is 0 Å². The van der Waals surface area contributed by atoms with Crippen LogP contribution in [0, 0.1) is 0 Å². The summed E-state index contributed by atoms with van der Waals surface area (Å²) in [5, 5.41) is 0. The molecule has 0 rings (SSSR count). The fourth-order valence-electron chi connectivity index (χ4n) is 0.471. The molecule has 0 aromatic carbocycles. The highest BCUT2D eigenvalue weighted by Crippen LogP contribution is 2.53. The van der Waals surface area contributed by atoms with E-state index in [4.69, 9.17) is 4.74 Å². The first-order valence-corrected chi connectivity index (χ1v) is 11.2. The van der Waals surface area contributed by atoms with Crippen LogP contribution in [0.15, 0.2) is 15.7 Å². The number of ether oxygens (including phenoxy) is 1. The molecule has 0 radical (unpaired) electrons. The zero-order chi connectivity index (χ0) is 14.0. The topological polar surface area (TPSA) is 9.23 Å². The largest absolute Gasteiger partial charge is 0.316 e. The lowest BCUT2D eigenvalue weighted by Gasteiger charge is -2.30. The van der Waals surface area contributed by atoms with Gasteiger partial charge in [-0.05, 0) is 159 Å². The lowest BCUT2D eigenvalue weighted by atomic mass is 10.6. The average Bonchev–Trinajstić information content (AvgIpc) is 2.13. The second-order valence-corrected chi connectivity index (χ2v) is 15.8. The second-order valence-electron chi connectivity index (χ2n) is 2.28. The van der Waals surface area contributed by atoms with Crippen molar-refractivity contribution < 1.29 is 4.74 Å². The molecule has 0 aliphatic carbocycles. The van der Waals surface area contributed by atoms with Crippen LogP contribution in [-0.4, -0.2) is 6.84 Å². The van der Waals surface area contributed by atoms with Gasteiger partial charge >= 0.3 is 0 Å². The molecule has 1 nitrogen and oxygen atoms in total. The molecule has 0 aliphatic heterocycles. The van der Waals surface area contributed by atoms with E-state index in [9.17, 15) is 0 Å². The summed E-state index contributed by atoms with van der Waals surface area (Å²) >= 11 is 33.5. The number of halogens is 10. The lowest BCUT2D eigenvalue weighted by Crippen LogP contribution is -2.29. The maximum atomic E-state index is 5.81. The summed E-state index contributed by atoms with van der Waals surface area (Å²) in [6.07, 6.45) is 0. The molecule has 11 heteroatoms. The molecule has 0 amide bonds. The molecule has 0 bridgehead atoms. The van der Waals surface area contributed by atoms with Gasteiger partial charge in [0, 0.05) is 0 Å². The first-order chi connectivity index (χ1) is 7.42. The zero-order valence-corrected chi connectivity index (χ0v) is 23.0. The molecule has 0 atom stereocenters. The predicted octanol–water partition coefficient (Wildman–Crippen LogP) is 8.60. The van der Waals surface area contributed by atoms with E-state index in [-0.39, 0.29) is 0 Å². The lowest BCUT2D eigenvalue weighted by molar-refractivity contribution is 0.118. The summed E-state index contributed by atoms with van der Waals surface area (Å²) in [5.41, 5.74) is 0. The summed E-state index contributed by atoms with van der Waals surface area (Å²) in [5.74, 6) is 0. The van der Waals surface area contributed by atoms with Gasteiger partial charge in [-0.25, -0.2) is 0 Å². The molecule has 0 N–H and O–H groups in total. The van der Waals surface area contributed by atoms with Crippen LogP contribution in [0.4, 0.5) is 0 Å². The van der Waals surface area contributed by atoms with Gasteiger partial charge in [0.1, 0.15) is 0 Å². The van der Waals surface area contributed by atoms with Gasteiger partial charge < -0.3 is 4.74 Å². The molecule has 0 unspecified atom stereocenters. The quantitative estimate of drug-likeness (QED) is 0.257. The first kappa shape index (κ1) is 21.2. The van der Waals surface area contributed by atoms with Crippen molar-refractivity contribution in [1.29, 1.82) is 0 Å². The average molecular weight is 887 g/mol. The van der Waals surface area contributed by atoms with Gasteiger partial charge in [0.2, 0.25) is 6.84 Å². The van der Waals surface area contributed by atoms with Gasteiger partial charge in [-0.2, -0.15) is 0 Å². The van der Waals surface area contributed by atoms with Crippen molar-refractivity contribution in [2.75, 3.05) is 0 Å². The maximum absolute atomic E-state index is 5.81. The minimum atomic E-state index is -0.941. The Bertz CT molecular complexity index is 314. The highest BCUT2D eigenvalue weighted by Gasteiger charge is 2.41. The molecule has 0 saturated heterocycles. The molecule has 0 heterocycles. The van der Waals surface area contributed by atoms with Crippen LogP contribution < -0.4 is 0 Å². The minimum Gasteiger partial charge on any atom is -0.316 e. The molecule has 0 fully saturated rings. The summed E-state index contributed by atoms with van der Waals surface area (Å²) in [4.78, 5) is 0. The van der Waals surface area contributed by atoms with Crippen LogP contribution in [0.1, 0.15) is 0 Å². The normalized spacial score (nSPS) is 12.4. The van der Waals surface area contributed by atoms with E-state index in [1.54, 1.807) is 0 Å². The SMILES string of the molecule is BrC(Br)=C(Br)C(Br)(Br)OC(Br)(Br)C(Br)=C(Br)Br. The van der Waals surface area contributed by atoms with Crippen molar-refractivity contribution in [3.63, 3.8) is 0 Å². The third-order valence-corrected chi connectivity index (χ3v) is 11.1. The number of rotatable bonds is 4. The van der Waals surface area contributed by atoms with Crippen molar-refractivity contribution in [3.05, 3.63) is 15.7 Å². The Morgan fingerprint density at radius 2 is 0.824 bits per heavy atom. The molecule has 0 spiro atoms. The van der Waals surface area contributed by atoms with Gasteiger partial charge in [0.25, 0.3) is 0 Å². The number of hydrogen-bond acceptors (Lipinski definition) is 1. The van der Waals surface area contributed by atoms with E-state index >= 15 is 0 Å². The Kier molecular flexibility index (Phi) is 10.9. The van der Waals surface area contributed by atoms with E-state index in [0.29, 0.717) is 15.7 Å². The van der Waals surface area contributed by atoms with Crippen LogP contribution in [0.3, 0.4) is 0 Å².